The Bertz CT molecular complexity index is 1750. The molecule has 0 atom stereocenters. The summed E-state index contributed by atoms with van der Waals surface area (Å²) < 4.78 is 41.0. The molecule has 6 rings (SSSR count). The molecule has 4 aromatic rings. The van der Waals surface area contributed by atoms with Crippen LogP contribution < -0.4 is 16.4 Å². The quantitative estimate of drug-likeness (QED) is 0.304. The topological polar surface area (TPSA) is 151 Å². The molecule has 2 saturated carbocycles. The van der Waals surface area contributed by atoms with Gasteiger partial charge in [-0.3, -0.25) is 14.0 Å². The number of fused-ring (bicyclic) bond motifs is 3. The lowest BCUT2D eigenvalue weighted by Gasteiger charge is -2.28. The van der Waals surface area contributed by atoms with E-state index in [2.05, 4.69) is 20.6 Å². The molecule has 42 heavy (non-hydrogen) atoms. The van der Waals surface area contributed by atoms with Crippen LogP contribution in [0.3, 0.4) is 0 Å². The first-order chi connectivity index (χ1) is 20.0. The van der Waals surface area contributed by atoms with Gasteiger partial charge in [-0.1, -0.05) is 12.1 Å². The Balaban J connectivity index is 1.29. The Morgan fingerprint density at radius 1 is 1.07 bits per heavy atom. The zero-order chi connectivity index (χ0) is 29.7. The van der Waals surface area contributed by atoms with Gasteiger partial charge < -0.3 is 16.4 Å². The maximum Gasteiger partial charge on any atom is 0.416 e. The number of alkyl halides is 3. The zero-order valence-corrected chi connectivity index (χ0v) is 22.2. The highest BCUT2D eigenvalue weighted by molar-refractivity contribution is 6.04. The first kappa shape index (κ1) is 27.2. The summed E-state index contributed by atoms with van der Waals surface area (Å²) in [4.78, 5) is 38.1. The molecule has 0 unspecified atom stereocenters. The van der Waals surface area contributed by atoms with Crippen molar-refractivity contribution in [3.8, 4) is 17.3 Å². The van der Waals surface area contributed by atoms with Crippen LogP contribution in [0.2, 0.25) is 0 Å². The third-order valence-corrected chi connectivity index (χ3v) is 8.29. The molecular weight excluding hydrogens is 549 g/mol. The maximum absolute atomic E-state index is 13.0. The van der Waals surface area contributed by atoms with Gasteiger partial charge in [-0.2, -0.15) is 18.4 Å². The summed E-state index contributed by atoms with van der Waals surface area (Å²) >= 11 is 0. The van der Waals surface area contributed by atoms with Gasteiger partial charge in [0.2, 0.25) is 5.91 Å². The van der Waals surface area contributed by atoms with E-state index in [-0.39, 0.29) is 40.5 Å². The molecule has 10 nitrogen and oxygen atoms in total. The molecule has 3 aromatic heterocycles. The standard InChI is InChI=1S/C29H25F3N8O2/c30-29(31,32)19-6-12-35-20(15-19)37-25(42)18-3-1-17(2-4-18)22-23-24(34)36-13-14-40(23)26(38-22)27-7-9-28(16-27,10-8-27)39-21(41)5-11-33/h1-4,6,12-15H,5,7-10,16H2,(H2,34,36)(H,39,41)(H,35,37,42). The molecule has 0 radical (unpaired) electrons. The molecule has 0 aliphatic heterocycles. The van der Waals surface area contributed by atoms with E-state index < -0.39 is 17.6 Å². The monoisotopic (exact) mass is 574 g/mol. The average Bonchev–Trinajstić information content (AvgIpc) is 3.64. The van der Waals surface area contributed by atoms with Crippen LogP contribution in [0.15, 0.2) is 55.0 Å². The number of rotatable bonds is 6. The van der Waals surface area contributed by atoms with E-state index in [0.29, 0.717) is 23.2 Å². The molecule has 2 bridgehead atoms. The van der Waals surface area contributed by atoms with Crippen LogP contribution in [-0.2, 0) is 16.4 Å². The molecule has 0 saturated heterocycles. The van der Waals surface area contributed by atoms with E-state index in [4.69, 9.17) is 16.0 Å². The van der Waals surface area contributed by atoms with E-state index in [0.717, 1.165) is 49.8 Å². The number of carbonyl (C=O) groups is 2. The number of nitrogens with two attached hydrogens (primary N) is 1. The summed E-state index contributed by atoms with van der Waals surface area (Å²) in [5.74, 6) is -0.00632. The van der Waals surface area contributed by atoms with Crippen LogP contribution in [0.1, 0.15) is 60.3 Å². The third-order valence-electron chi connectivity index (χ3n) is 8.29. The number of nitrogens with one attached hydrogen (secondary N) is 2. The minimum absolute atomic E-state index is 0.183. The minimum atomic E-state index is -4.56. The molecule has 4 N–H and O–H groups in total. The largest absolute Gasteiger partial charge is 0.416 e. The number of halogens is 3. The highest BCUT2D eigenvalue weighted by atomic mass is 19.4. The fourth-order valence-corrected chi connectivity index (χ4v) is 6.37. The fraction of sp³-hybridized carbons (Fsp3) is 0.310. The number of hydrogen-bond acceptors (Lipinski definition) is 7. The van der Waals surface area contributed by atoms with Gasteiger partial charge in [-0.05, 0) is 56.4 Å². The van der Waals surface area contributed by atoms with Gasteiger partial charge in [0.15, 0.2) is 0 Å². The van der Waals surface area contributed by atoms with Crippen molar-refractivity contribution in [2.24, 2.45) is 0 Å². The number of hydrogen-bond donors (Lipinski definition) is 3. The highest BCUT2D eigenvalue weighted by Gasteiger charge is 2.57. The van der Waals surface area contributed by atoms with Gasteiger partial charge in [0.1, 0.15) is 35.1 Å². The van der Waals surface area contributed by atoms with Crippen molar-refractivity contribution in [3.05, 3.63) is 71.9 Å². The van der Waals surface area contributed by atoms with Crippen molar-refractivity contribution < 1.29 is 22.8 Å². The number of pyridine rings is 1. The number of benzene rings is 1. The van der Waals surface area contributed by atoms with Crippen LogP contribution >= 0.6 is 0 Å². The Hall–Kier alpha value is -4.99. The lowest BCUT2D eigenvalue weighted by molar-refractivity contribution is -0.137. The van der Waals surface area contributed by atoms with E-state index in [9.17, 15) is 22.8 Å². The molecule has 2 aliphatic carbocycles. The van der Waals surface area contributed by atoms with E-state index in [1.165, 1.54) is 0 Å². The summed E-state index contributed by atoms with van der Waals surface area (Å²) in [6.07, 6.45) is 3.53. The first-order valence-electron chi connectivity index (χ1n) is 13.3. The number of nitrogens with zero attached hydrogens (tertiary/aromatic N) is 5. The summed E-state index contributed by atoms with van der Waals surface area (Å²) in [6, 6.07) is 10.00. The molecule has 1 aromatic carbocycles. The maximum atomic E-state index is 13.0. The second-order valence-electron chi connectivity index (χ2n) is 10.9. The van der Waals surface area contributed by atoms with Crippen LogP contribution in [0.5, 0.6) is 0 Å². The SMILES string of the molecule is N#CCC(=O)NC12CCC(c3nc(-c4ccc(C(=O)Nc5cc(C(F)(F)F)ccn5)cc4)c4c(N)nccn34)(CC1)C2. The predicted molar refractivity (Wildman–Crippen MR) is 146 cm³/mol. The zero-order valence-electron chi connectivity index (χ0n) is 22.2. The van der Waals surface area contributed by atoms with Gasteiger partial charge >= 0.3 is 6.18 Å². The molecule has 214 valence electrons. The third kappa shape index (κ3) is 4.68. The second-order valence-corrected chi connectivity index (χ2v) is 10.9. The lowest BCUT2D eigenvalue weighted by atomic mass is 9.83. The molecule has 3 heterocycles. The van der Waals surface area contributed by atoms with Crippen molar-refractivity contribution in [1.29, 1.82) is 5.26 Å². The van der Waals surface area contributed by atoms with Crippen molar-refractivity contribution >= 4 is 29.0 Å². The van der Waals surface area contributed by atoms with Crippen LogP contribution in [0.4, 0.5) is 24.8 Å². The summed E-state index contributed by atoms with van der Waals surface area (Å²) in [5, 5.41) is 14.4. The Morgan fingerprint density at radius 3 is 2.50 bits per heavy atom. The Labute approximate surface area is 237 Å². The molecule has 13 heteroatoms. The number of anilines is 2. The van der Waals surface area contributed by atoms with E-state index in [1.807, 2.05) is 16.7 Å². The van der Waals surface area contributed by atoms with E-state index in [1.54, 1.807) is 30.5 Å². The summed E-state index contributed by atoms with van der Waals surface area (Å²) in [7, 11) is 0. The Morgan fingerprint density at radius 2 is 1.81 bits per heavy atom. The van der Waals surface area contributed by atoms with Gasteiger partial charge in [-0.15, -0.1) is 0 Å². The number of nitriles is 1. The van der Waals surface area contributed by atoms with Crippen LogP contribution in [-0.4, -0.2) is 36.7 Å². The van der Waals surface area contributed by atoms with Gasteiger partial charge in [0, 0.05) is 40.7 Å². The smallest absolute Gasteiger partial charge is 0.382 e. The number of amides is 2. The highest BCUT2D eigenvalue weighted by Crippen LogP contribution is 2.57. The van der Waals surface area contributed by atoms with Crippen LogP contribution in [0.25, 0.3) is 16.8 Å². The molecular formula is C29H25F3N8O2. The van der Waals surface area contributed by atoms with Crippen molar-refractivity contribution in [2.75, 3.05) is 11.1 Å². The first-order valence-corrected chi connectivity index (χ1v) is 13.3. The number of imidazole rings is 1. The number of nitrogen functional groups attached to an aromatic ring is 1. The number of aromatic nitrogens is 4. The molecule has 0 spiro atoms. The second kappa shape index (κ2) is 9.83. The number of carbonyl (C=O) groups excluding carboxylic acids is 2. The van der Waals surface area contributed by atoms with Crippen molar-refractivity contribution in [2.45, 2.75) is 55.7 Å². The van der Waals surface area contributed by atoms with Gasteiger partial charge in [0.05, 0.1) is 11.6 Å². The van der Waals surface area contributed by atoms with Gasteiger partial charge in [-0.25, -0.2) is 15.0 Å². The molecule has 2 aliphatic rings. The normalized spacial score (nSPS) is 21.3. The minimum Gasteiger partial charge on any atom is -0.382 e. The molecule has 2 fully saturated rings. The van der Waals surface area contributed by atoms with Crippen LogP contribution in [0, 0.1) is 11.3 Å². The fourth-order valence-electron chi connectivity index (χ4n) is 6.37. The Kier molecular flexibility index (Phi) is 6.36. The summed E-state index contributed by atoms with van der Waals surface area (Å²) in [5.41, 5.74) is 6.82. The lowest BCUT2D eigenvalue weighted by Crippen LogP contribution is -2.44. The van der Waals surface area contributed by atoms with E-state index >= 15 is 0 Å². The predicted octanol–water partition coefficient (Wildman–Crippen LogP) is 4.63. The van der Waals surface area contributed by atoms with Crippen molar-refractivity contribution in [1.82, 2.24) is 24.7 Å². The average molecular weight is 575 g/mol. The molecule has 2 amide bonds. The summed E-state index contributed by atoms with van der Waals surface area (Å²) in [6.45, 7) is 0. The van der Waals surface area contributed by atoms with Crippen molar-refractivity contribution in [3.63, 3.8) is 0 Å². The van der Waals surface area contributed by atoms with Gasteiger partial charge in [0.25, 0.3) is 5.91 Å².